The Labute approximate surface area is 174 Å². The van der Waals surface area contributed by atoms with Crippen LogP contribution in [0.5, 0.6) is 5.75 Å². The van der Waals surface area contributed by atoms with E-state index in [0.717, 1.165) is 5.56 Å². The monoisotopic (exact) mass is 415 g/mol. The van der Waals surface area contributed by atoms with E-state index < -0.39 is 0 Å². The number of nitrogens with zero attached hydrogens (tertiary/aromatic N) is 1. The van der Waals surface area contributed by atoms with Gasteiger partial charge in [0.25, 0.3) is 0 Å². The van der Waals surface area contributed by atoms with Gasteiger partial charge in [0.05, 0.1) is 19.3 Å². The number of benzene rings is 2. The zero-order valence-corrected chi connectivity index (χ0v) is 17.1. The lowest BCUT2D eigenvalue weighted by Gasteiger charge is -2.16. The fourth-order valence-corrected chi connectivity index (χ4v) is 2.61. The topological polar surface area (TPSA) is 87.7 Å². The molecule has 0 heterocycles. The third-order valence-corrected chi connectivity index (χ3v) is 4.08. The van der Waals surface area contributed by atoms with E-state index in [9.17, 15) is 14.4 Å². The van der Waals surface area contributed by atoms with Gasteiger partial charge >= 0.3 is 0 Å². The highest BCUT2D eigenvalue weighted by Crippen LogP contribution is 2.27. The lowest BCUT2D eigenvalue weighted by molar-refractivity contribution is -0.129. The maximum absolute atomic E-state index is 12.3. The number of hydrogen-bond donors (Lipinski definition) is 2. The van der Waals surface area contributed by atoms with E-state index in [1.165, 1.54) is 32.1 Å². The average Bonchev–Trinajstić information content (AvgIpc) is 2.66. The Kier molecular flexibility index (Phi) is 7.79. The molecule has 2 rings (SSSR count). The summed E-state index contributed by atoms with van der Waals surface area (Å²) < 4.78 is 5.18. The van der Waals surface area contributed by atoms with Crippen molar-refractivity contribution in [3.8, 4) is 5.75 Å². The Hall–Kier alpha value is -3.32. The maximum atomic E-state index is 12.3. The van der Waals surface area contributed by atoms with Gasteiger partial charge in [0.1, 0.15) is 5.75 Å². The molecular weight excluding hydrogens is 394 g/mol. The van der Waals surface area contributed by atoms with E-state index in [0.29, 0.717) is 22.1 Å². The largest absolute Gasteiger partial charge is 0.495 e. The number of anilines is 2. The standard InChI is InChI=1S/C21H22ClN3O4/c1-14(26)23-17-8-4-15(5-9-17)6-11-21(28)25(2)13-20(27)24-18-12-16(22)7-10-19(18)29-3/h4-12H,13H2,1-3H3,(H,23,26)(H,24,27)/b11-6+. The molecule has 0 saturated carbocycles. The Morgan fingerprint density at radius 1 is 1.10 bits per heavy atom. The lowest BCUT2D eigenvalue weighted by Crippen LogP contribution is -2.33. The van der Waals surface area contributed by atoms with Crippen molar-refractivity contribution in [3.63, 3.8) is 0 Å². The second kappa shape index (κ2) is 10.3. The minimum absolute atomic E-state index is 0.139. The second-order valence-corrected chi connectivity index (χ2v) is 6.66. The molecule has 0 atom stereocenters. The molecule has 0 aliphatic heterocycles. The van der Waals surface area contributed by atoms with Crippen molar-refractivity contribution >= 4 is 46.8 Å². The van der Waals surface area contributed by atoms with Crippen LogP contribution in [-0.2, 0) is 14.4 Å². The molecule has 0 aromatic heterocycles. The van der Waals surface area contributed by atoms with Crippen LogP contribution in [0.25, 0.3) is 6.08 Å². The number of carbonyl (C=O) groups excluding carboxylic acids is 3. The van der Waals surface area contributed by atoms with Gasteiger partial charge in [-0.1, -0.05) is 23.7 Å². The molecule has 2 N–H and O–H groups in total. The molecule has 0 aliphatic carbocycles. The van der Waals surface area contributed by atoms with Gasteiger partial charge in [0, 0.05) is 30.8 Å². The summed E-state index contributed by atoms with van der Waals surface area (Å²) in [5, 5.41) is 5.81. The fraction of sp³-hybridized carbons (Fsp3) is 0.190. The summed E-state index contributed by atoms with van der Waals surface area (Å²) in [4.78, 5) is 36.8. The number of hydrogen-bond acceptors (Lipinski definition) is 4. The highest BCUT2D eigenvalue weighted by atomic mass is 35.5. The Balaban J connectivity index is 1.93. The number of amides is 3. The zero-order chi connectivity index (χ0) is 21.4. The fourth-order valence-electron chi connectivity index (χ4n) is 2.44. The third kappa shape index (κ3) is 6.97. The first-order valence-corrected chi connectivity index (χ1v) is 9.10. The van der Waals surface area contributed by atoms with Gasteiger partial charge in [-0.2, -0.15) is 0 Å². The molecule has 8 heteroatoms. The third-order valence-electron chi connectivity index (χ3n) is 3.84. The molecule has 0 aliphatic rings. The van der Waals surface area contributed by atoms with Crippen molar-refractivity contribution in [1.29, 1.82) is 0 Å². The van der Waals surface area contributed by atoms with Crippen LogP contribution in [-0.4, -0.2) is 43.3 Å². The number of methoxy groups -OCH3 is 1. The first-order valence-electron chi connectivity index (χ1n) is 8.72. The first-order chi connectivity index (χ1) is 13.8. The highest BCUT2D eigenvalue weighted by molar-refractivity contribution is 6.31. The molecular formula is C21H22ClN3O4. The van der Waals surface area contributed by atoms with E-state index in [1.807, 2.05) is 0 Å². The summed E-state index contributed by atoms with van der Waals surface area (Å²) in [5.74, 6) is -0.392. The molecule has 0 bridgehead atoms. The Morgan fingerprint density at radius 3 is 2.41 bits per heavy atom. The van der Waals surface area contributed by atoms with Crippen LogP contribution < -0.4 is 15.4 Å². The van der Waals surface area contributed by atoms with Crippen LogP contribution in [0.4, 0.5) is 11.4 Å². The summed E-state index contributed by atoms with van der Waals surface area (Å²) in [6.07, 6.45) is 3.01. The molecule has 2 aromatic carbocycles. The van der Waals surface area contributed by atoms with Gasteiger partial charge < -0.3 is 20.3 Å². The van der Waals surface area contributed by atoms with Crippen LogP contribution in [0.15, 0.2) is 48.5 Å². The van der Waals surface area contributed by atoms with Crippen LogP contribution in [0.2, 0.25) is 5.02 Å². The van der Waals surface area contributed by atoms with Gasteiger partial charge in [-0.3, -0.25) is 14.4 Å². The van der Waals surface area contributed by atoms with Gasteiger partial charge in [-0.25, -0.2) is 0 Å². The molecule has 0 spiro atoms. The summed E-state index contributed by atoms with van der Waals surface area (Å²) in [7, 11) is 3.02. The SMILES string of the molecule is COc1ccc(Cl)cc1NC(=O)CN(C)C(=O)/C=C/c1ccc(NC(C)=O)cc1. The first kappa shape index (κ1) is 22.0. The number of ether oxygens (including phenoxy) is 1. The molecule has 29 heavy (non-hydrogen) atoms. The van der Waals surface area contributed by atoms with E-state index in [-0.39, 0.29) is 24.3 Å². The minimum atomic E-state index is -0.380. The Bertz CT molecular complexity index is 926. The normalized spacial score (nSPS) is 10.5. The second-order valence-electron chi connectivity index (χ2n) is 6.22. The maximum Gasteiger partial charge on any atom is 0.246 e. The summed E-state index contributed by atoms with van der Waals surface area (Å²) in [6, 6.07) is 11.9. The minimum Gasteiger partial charge on any atom is -0.495 e. The smallest absolute Gasteiger partial charge is 0.246 e. The van der Waals surface area contributed by atoms with Crippen molar-refractivity contribution in [2.24, 2.45) is 0 Å². The number of nitrogens with one attached hydrogen (secondary N) is 2. The van der Waals surface area contributed by atoms with Crippen molar-refractivity contribution in [2.45, 2.75) is 6.92 Å². The van der Waals surface area contributed by atoms with Crippen LogP contribution in [0.1, 0.15) is 12.5 Å². The van der Waals surface area contributed by atoms with Gasteiger partial charge in [0.2, 0.25) is 17.7 Å². The van der Waals surface area contributed by atoms with E-state index >= 15 is 0 Å². The zero-order valence-electron chi connectivity index (χ0n) is 16.4. The summed E-state index contributed by atoms with van der Waals surface area (Å²) >= 11 is 5.95. The molecule has 3 amide bonds. The Morgan fingerprint density at radius 2 is 1.79 bits per heavy atom. The lowest BCUT2D eigenvalue weighted by atomic mass is 10.2. The van der Waals surface area contributed by atoms with E-state index in [4.69, 9.17) is 16.3 Å². The highest BCUT2D eigenvalue weighted by Gasteiger charge is 2.13. The number of halogens is 1. The predicted octanol–water partition coefficient (Wildman–Crippen LogP) is 3.42. The van der Waals surface area contributed by atoms with Crippen molar-refractivity contribution in [1.82, 2.24) is 4.90 Å². The van der Waals surface area contributed by atoms with Gasteiger partial charge in [-0.05, 0) is 42.0 Å². The van der Waals surface area contributed by atoms with Crippen molar-refractivity contribution in [3.05, 3.63) is 59.1 Å². The average molecular weight is 416 g/mol. The number of rotatable bonds is 7. The molecule has 152 valence electrons. The number of carbonyl (C=O) groups is 3. The molecule has 7 nitrogen and oxygen atoms in total. The van der Waals surface area contributed by atoms with Crippen molar-refractivity contribution < 1.29 is 19.1 Å². The number of likely N-dealkylation sites (N-methyl/N-ethyl adjacent to an activating group) is 1. The van der Waals surface area contributed by atoms with Crippen molar-refractivity contribution in [2.75, 3.05) is 31.3 Å². The van der Waals surface area contributed by atoms with E-state index in [1.54, 1.807) is 48.5 Å². The molecule has 0 unspecified atom stereocenters. The van der Waals surface area contributed by atoms with Crippen LogP contribution >= 0.6 is 11.6 Å². The van der Waals surface area contributed by atoms with Crippen LogP contribution in [0.3, 0.4) is 0 Å². The molecule has 0 saturated heterocycles. The van der Waals surface area contributed by atoms with Crippen LogP contribution in [0, 0.1) is 0 Å². The van der Waals surface area contributed by atoms with Gasteiger partial charge in [0.15, 0.2) is 0 Å². The quantitative estimate of drug-likeness (QED) is 0.678. The predicted molar refractivity (Wildman–Crippen MR) is 114 cm³/mol. The summed E-state index contributed by atoms with van der Waals surface area (Å²) in [5.41, 5.74) is 1.89. The van der Waals surface area contributed by atoms with Gasteiger partial charge in [-0.15, -0.1) is 0 Å². The summed E-state index contributed by atoms with van der Waals surface area (Å²) in [6.45, 7) is 1.29. The molecule has 0 fully saturated rings. The van der Waals surface area contributed by atoms with E-state index in [2.05, 4.69) is 10.6 Å². The molecule has 2 aromatic rings. The molecule has 0 radical (unpaired) electrons.